The predicted molar refractivity (Wildman–Crippen MR) is 80.1 cm³/mol. The Hall–Kier alpha value is -2.24. The Morgan fingerprint density at radius 2 is 1.91 bits per heavy atom. The number of aliphatic carboxylic acids is 1. The van der Waals surface area contributed by atoms with Crippen LogP contribution in [0.3, 0.4) is 0 Å². The summed E-state index contributed by atoms with van der Waals surface area (Å²) in [6.07, 6.45) is 1.13. The minimum absolute atomic E-state index is 0.0899. The number of carbonyl (C=O) groups is 2. The Balaban J connectivity index is 1.90. The van der Waals surface area contributed by atoms with Crippen LogP contribution in [0, 0.1) is 11.8 Å². The van der Waals surface area contributed by atoms with Crippen LogP contribution in [0.15, 0.2) is 18.2 Å². The number of methoxy groups -OCH3 is 2. The highest BCUT2D eigenvalue weighted by atomic mass is 16.5. The van der Waals surface area contributed by atoms with Gasteiger partial charge in [0.05, 0.1) is 26.1 Å². The van der Waals surface area contributed by atoms with Crippen LogP contribution in [0.5, 0.6) is 11.5 Å². The van der Waals surface area contributed by atoms with Gasteiger partial charge in [-0.05, 0) is 30.5 Å². The summed E-state index contributed by atoms with van der Waals surface area (Å²) in [6, 6.07) is 5.64. The third kappa shape index (κ3) is 3.50. The van der Waals surface area contributed by atoms with Gasteiger partial charge in [0.2, 0.25) is 5.91 Å². The number of hydrogen-bond acceptors (Lipinski definition) is 4. The zero-order valence-corrected chi connectivity index (χ0v) is 13.0. The van der Waals surface area contributed by atoms with E-state index in [2.05, 4.69) is 0 Å². The number of hydrogen-bond donors (Lipinski definition) is 1. The molecule has 0 aromatic heterocycles. The fourth-order valence-electron chi connectivity index (χ4n) is 2.47. The van der Waals surface area contributed by atoms with Crippen molar-refractivity contribution in [2.45, 2.75) is 12.8 Å². The van der Waals surface area contributed by atoms with Crippen molar-refractivity contribution in [1.82, 2.24) is 4.90 Å². The molecule has 1 aromatic carbocycles. The molecule has 1 saturated carbocycles. The number of carbonyl (C=O) groups excluding carboxylic acids is 1. The van der Waals surface area contributed by atoms with Crippen LogP contribution in [0.2, 0.25) is 0 Å². The molecule has 1 aromatic rings. The SMILES string of the molecule is COc1ccc(CCN(C)C(=O)C2CC2C(=O)O)cc1OC. The van der Waals surface area contributed by atoms with Crippen molar-refractivity contribution >= 4 is 11.9 Å². The number of nitrogens with zero attached hydrogens (tertiary/aromatic N) is 1. The van der Waals surface area contributed by atoms with Crippen molar-refractivity contribution in [1.29, 1.82) is 0 Å². The molecule has 0 aliphatic heterocycles. The van der Waals surface area contributed by atoms with Gasteiger partial charge in [-0.3, -0.25) is 9.59 Å². The van der Waals surface area contributed by atoms with E-state index in [0.29, 0.717) is 30.9 Å². The fraction of sp³-hybridized carbons (Fsp3) is 0.500. The summed E-state index contributed by atoms with van der Waals surface area (Å²) < 4.78 is 10.4. The minimum atomic E-state index is -0.883. The Bertz CT molecular complexity index is 572. The van der Waals surface area contributed by atoms with E-state index in [4.69, 9.17) is 14.6 Å². The van der Waals surface area contributed by atoms with Crippen molar-refractivity contribution in [3.63, 3.8) is 0 Å². The van der Waals surface area contributed by atoms with E-state index < -0.39 is 11.9 Å². The first-order chi connectivity index (χ1) is 10.5. The lowest BCUT2D eigenvalue weighted by Gasteiger charge is -2.17. The molecule has 0 heterocycles. The van der Waals surface area contributed by atoms with Crippen LogP contribution in [0.1, 0.15) is 12.0 Å². The van der Waals surface area contributed by atoms with Gasteiger partial charge in [0, 0.05) is 13.6 Å². The molecular formula is C16H21NO5. The first kappa shape index (κ1) is 16.1. The molecule has 120 valence electrons. The Kier molecular flexibility index (Phi) is 4.90. The molecule has 2 rings (SSSR count). The summed E-state index contributed by atoms with van der Waals surface area (Å²) >= 11 is 0. The largest absolute Gasteiger partial charge is 0.493 e. The summed E-state index contributed by atoms with van der Waals surface area (Å²) in [5, 5.41) is 8.87. The van der Waals surface area contributed by atoms with Gasteiger partial charge in [0.1, 0.15) is 0 Å². The van der Waals surface area contributed by atoms with Crippen molar-refractivity contribution in [3.05, 3.63) is 23.8 Å². The maximum absolute atomic E-state index is 12.1. The van der Waals surface area contributed by atoms with Crippen molar-refractivity contribution < 1.29 is 24.2 Å². The molecule has 1 aliphatic rings. The van der Waals surface area contributed by atoms with Gasteiger partial charge in [-0.25, -0.2) is 0 Å². The van der Waals surface area contributed by atoms with E-state index in [1.807, 2.05) is 18.2 Å². The zero-order chi connectivity index (χ0) is 16.3. The smallest absolute Gasteiger partial charge is 0.307 e. The van der Waals surface area contributed by atoms with Crippen molar-refractivity contribution in [2.24, 2.45) is 11.8 Å². The lowest BCUT2D eigenvalue weighted by molar-refractivity contribution is -0.141. The van der Waals surface area contributed by atoms with Crippen LogP contribution in [0.25, 0.3) is 0 Å². The van der Waals surface area contributed by atoms with Gasteiger partial charge in [-0.1, -0.05) is 6.07 Å². The molecule has 1 fully saturated rings. The molecule has 6 heteroatoms. The lowest BCUT2D eigenvalue weighted by Crippen LogP contribution is -2.31. The molecule has 0 saturated heterocycles. The summed E-state index contributed by atoms with van der Waals surface area (Å²) in [7, 11) is 4.87. The van der Waals surface area contributed by atoms with E-state index in [1.54, 1.807) is 26.2 Å². The highest BCUT2D eigenvalue weighted by Gasteiger charge is 2.49. The fourth-order valence-corrected chi connectivity index (χ4v) is 2.47. The average molecular weight is 307 g/mol. The molecule has 1 aliphatic carbocycles. The summed E-state index contributed by atoms with van der Waals surface area (Å²) in [5.41, 5.74) is 1.03. The molecule has 2 atom stereocenters. The first-order valence-corrected chi connectivity index (χ1v) is 7.16. The Morgan fingerprint density at radius 1 is 1.23 bits per heavy atom. The maximum atomic E-state index is 12.1. The van der Waals surface area contributed by atoms with E-state index in [1.165, 1.54) is 0 Å². The van der Waals surface area contributed by atoms with E-state index in [-0.39, 0.29) is 11.8 Å². The standard InChI is InChI=1S/C16H21NO5/c1-17(15(18)11-9-12(11)16(19)20)7-6-10-4-5-13(21-2)14(8-10)22-3/h4-5,8,11-12H,6-7,9H2,1-3H3,(H,19,20). The average Bonchev–Trinajstić information content (AvgIpc) is 3.32. The van der Waals surface area contributed by atoms with Gasteiger partial charge in [0.25, 0.3) is 0 Å². The number of benzene rings is 1. The highest BCUT2D eigenvalue weighted by molar-refractivity contribution is 5.89. The number of likely N-dealkylation sites (N-methyl/N-ethyl adjacent to an activating group) is 1. The number of carboxylic acids is 1. The molecule has 0 radical (unpaired) electrons. The van der Waals surface area contributed by atoms with E-state index >= 15 is 0 Å². The minimum Gasteiger partial charge on any atom is -0.493 e. The zero-order valence-electron chi connectivity index (χ0n) is 13.0. The van der Waals surface area contributed by atoms with Gasteiger partial charge < -0.3 is 19.5 Å². The second-order valence-electron chi connectivity index (χ2n) is 5.49. The molecule has 0 spiro atoms. The number of rotatable bonds is 7. The monoisotopic (exact) mass is 307 g/mol. The first-order valence-electron chi connectivity index (χ1n) is 7.16. The Labute approximate surface area is 129 Å². The molecule has 1 N–H and O–H groups in total. The number of amides is 1. The molecule has 2 unspecified atom stereocenters. The summed E-state index contributed by atoms with van der Waals surface area (Å²) in [4.78, 5) is 24.5. The number of ether oxygens (including phenoxy) is 2. The number of carboxylic acid groups (broad SMARTS) is 1. The predicted octanol–water partition coefficient (Wildman–Crippen LogP) is 1.43. The van der Waals surface area contributed by atoms with E-state index in [0.717, 1.165) is 5.56 Å². The highest BCUT2D eigenvalue weighted by Crippen LogP contribution is 2.39. The van der Waals surface area contributed by atoms with Crippen LogP contribution in [-0.4, -0.2) is 49.7 Å². The molecule has 1 amide bonds. The quantitative estimate of drug-likeness (QED) is 0.824. The van der Waals surface area contributed by atoms with Gasteiger partial charge in [-0.15, -0.1) is 0 Å². The van der Waals surface area contributed by atoms with E-state index in [9.17, 15) is 9.59 Å². The van der Waals surface area contributed by atoms with Gasteiger partial charge >= 0.3 is 5.97 Å². The normalized spacial score (nSPS) is 19.4. The lowest BCUT2D eigenvalue weighted by atomic mass is 10.1. The molecule has 6 nitrogen and oxygen atoms in total. The topological polar surface area (TPSA) is 76.1 Å². The summed E-state index contributed by atoms with van der Waals surface area (Å²) in [5.74, 6) is -0.511. The van der Waals surface area contributed by atoms with Crippen LogP contribution < -0.4 is 9.47 Å². The second kappa shape index (κ2) is 6.68. The van der Waals surface area contributed by atoms with Crippen LogP contribution >= 0.6 is 0 Å². The van der Waals surface area contributed by atoms with Gasteiger partial charge in [-0.2, -0.15) is 0 Å². The third-order valence-electron chi connectivity index (χ3n) is 3.98. The van der Waals surface area contributed by atoms with Crippen molar-refractivity contribution in [3.8, 4) is 11.5 Å². The van der Waals surface area contributed by atoms with Crippen LogP contribution in [-0.2, 0) is 16.0 Å². The molecular weight excluding hydrogens is 286 g/mol. The third-order valence-corrected chi connectivity index (χ3v) is 3.98. The van der Waals surface area contributed by atoms with Gasteiger partial charge in [0.15, 0.2) is 11.5 Å². The Morgan fingerprint density at radius 3 is 2.45 bits per heavy atom. The molecule has 22 heavy (non-hydrogen) atoms. The summed E-state index contributed by atoms with van der Waals surface area (Å²) in [6.45, 7) is 0.539. The van der Waals surface area contributed by atoms with Crippen molar-refractivity contribution in [2.75, 3.05) is 27.8 Å². The second-order valence-corrected chi connectivity index (χ2v) is 5.49. The molecule has 0 bridgehead atoms. The van der Waals surface area contributed by atoms with Crippen LogP contribution in [0.4, 0.5) is 0 Å². The maximum Gasteiger partial charge on any atom is 0.307 e.